The summed E-state index contributed by atoms with van der Waals surface area (Å²) in [7, 11) is 0. The minimum Gasteiger partial charge on any atom is -0.502 e. The zero-order valence-corrected chi connectivity index (χ0v) is 11.0. The Hall–Kier alpha value is -0.990. The Morgan fingerprint density at radius 1 is 0.882 bits per heavy atom. The standard InChI is InChI=1S/C14H26O3/c1-2-3-4-5-6-7-8-9-10-11-12-13(15)14(16)17/h12,15H,2-11H2,1H3,(H,16,17). The van der Waals surface area contributed by atoms with Crippen LogP contribution in [0, 0.1) is 0 Å². The number of aliphatic hydroxyl groups excluding tert-OH is 1. The molecule has 2 N–H and O–H groups in total. The van der Waals surface area contributed by atoms with Gasteiger partial charge in [-0.3, -0.25) is 0 Å². The molecule has 0 aliphatic rings. The van der Waals surface area contributed by atoms with Crippen molar-refractivity contribution >= 4 is 5.97 Å². The zero-order valence-electron chi connectivity index (χ0n) is 11.0. The van der Waals surface area contributed by atoms with E-state index in [1.165, 1.54) is 51.0 Å². The van der Waals surface area contributed by atoms with Crippen LogP contribution in [0.25, 0.3) is 0 Å². The molecule has 3 nitrogen and oxygen atoms in total. The second kappa shape index (κ2) is 11.5. The summed E-state index contributed by atoms with van der Waals surface area (Å²) in [5.74, 6) is -1.76. The monoisotopic (exact) mass is 242 g/mol. The molecular weight excluding hydrogens is 216 g/mol. The first-order valence-corrected chi connectivity index (χ1v) is 6.81. The van der Waals surface area contributed by atoms with Crippen LogP contribution in [0.3, 0.4) is 0 Å². The Kier molecular flexibility index (Phi) is 10.8. The molecule has 0 spiro atoms. The van der Waals surface area contributed by atoms with Crippen LogP contribution < -0.4 is 0 Å². The van der Waals surface area contributed by atoms with Crippen molar-refractivity contribution in [2.24, 2.45) is 0 Å². The van der Waals surface area contributed by atoms with E-state index in [9.17, 15) is 4.79 Å². The lowest BCUT2D eigenvalue weighted by Crippen LogP contribution is -1.98. The zero-order chi connectivity index (χ0) is 12.9. The highest BCUT2D eigenvalue weighted by molar-refractivity contribution is 5.83. The van der Waals surface area contributed by atoms with Crippen molar-refractivity contribution in [3.63, 3.8) is 0 Å². The van der Waals surface area contributed by atoms with Crippen molar-refractivity contribution in [2.45, 2.75) is 71.1 Å². The lowest BCUT2D eigenvalue weighted by molar-refractivity contribution is -0.135. The van der Waals surface area contributed by atoms with Crippen molar-refractivity contribution in [2.75, 3.05) is 0 Å². The number of aliphatic carboxylic acids is 1. The molecule has 0 aromatic heterocycles. The molecule has 0 atom stereocenters. The van der Waals surface area contributed by atoms with Crippen LogP contribution in [0.5, 0.6) is 0 Å². The molecule has 0 aromatic rings. The maximum absolute atomic E-state index is 10.3. The van der Waals surface area contributed by atoms with Gasteiger partial charge in [0.15, 0.2) is 5.76 Å². The number of carboxylic acid groups (broad SMARTS) is 1. The SMILES string of the molecule is CCCCCCCCCCCC=C(O)C(=O)O. The van der Waals surface area contributed by atoms with Crippen molar-refractivity contribution in [3.05, 3.63) is 11.8 Å². The summed E-state index contributed by atoms with van der Waals surface area (Å²) in [6.07, 6.45) is 13.3. The maximum Gasteiger partial charge on any atom is 0.370 e. The van der Waals surface area contributed by atoms with E-state index in [4.69, 9.17) is 10.2 Å². The van der Waals surface area contributed by atoms with Gasteiger partial charge in [-0.15, -0.1) is 0 Å². The predicted octanol–water partition coefficient (Wildman–Crippen LogP) is 4.43. The third kappa shape index (κ3) is 11.3. The third-order valence-electron chi connectivity index (χ3n) is 2.86. The normalized spacial score (nSPS) is 11.7. The quantitative estimate of drug-likeness (QED) is 0.320. The summed E-state index contributed by atoms with van der Waals surface area (Å²) in [5.41, 5.74) is 0. The van der Waals surface area contributed by atoms with Crippen LogP contribution >= 0.6 is 0 Å². The molecule has 0 saturated heterocycles. The predicted molar refractivity (Wildman–Crippen MR) is 70.2 cm³/mol. The molecule has 0 radical (unpaired) electrons. The number of unbranched alkanes of at least 4 members (excludes halogenated alkanes) is 9. The van der Waals surface area contributed by atoms with Gasteiger partial charge in [0.2, 0.25) is 0 Å². The van der Waals surface area contributed by atoms with E-state index in [1.807, 2.05) is 0 Å². The first-order valence-electron chi connectivity index (χ1n) is 6.81. The van der Waals surface area contributed by atoms with Gasteiger partial charge in [0, 0.05) is 0 Å². The fraction of sp³-hybridized carbons (Fsp3) is 0.786. The van der Waals surface area contributed by atoms with E-state index in [2.05, 4.69) is 6.92 Å². The first kappa shape index (κ1) is 16.0. The molecule has 17 heavy (non-hydrogen) atoms. The van der Waals surface area contributed by atoms with E-state index in [-0.39, 0.29) is 0 Å². The van der Waals surface area contributed by atoms with Gasteiger partial charge in [-0.25, -0.2) is 4.79 Å². The Bertz CT molecular complexity index is 222. The number of aliphatic hydroxyl groups is 1. The third-order valence-corrected chi connectivity index (χ3v) is 2.86. The lowest BCUT2D eigenvalue weighted by atomic mass is 10.1. The first-order chi connectivity index (χ1) is 8.18. The highest BCUT2D eigenvalue weighted by atomic mass is 16.4. The summed E-state index contributed by atoms with van der Waals surface area (Å²) >= 11 is 0. The average Bonchev–Trinajstić information content (AvgIpc) is 2.31. The van der Waals surface area contributed by atoms with E-state index < -0.39 is 11.7 Å². The summed E-state index contributed by atoms with van der Waals surface area (Å²) in [6, 6.07) is 0. The Labute approximate surface area is 105 Å². The minimum atomic E-state index is -1.24. The number of carbonyl (C=O) groups is 1. The number of hydrogen-bond donors (Lipinski definition) is 2. The van der Waals surface area contributed by atoms with Gasteiger partial charge in [-0.05, 0) is 18.9 Å². The summed E-state index contributed by atoms with van der Waals surface area (Å²) in [4.78, 5) is 10.3. The average molecular weight is 242 g/mol. The maximum atomic E-state index is 10.3. The van der Waals surface area contributed by atoms with Crippen LogP contribution in [0.1, 0.15) is 71.1 Å². The summed E-state index contributed by atoms with van der Waals surface area (Å²) in [6.45, 7) is 2.22. The van der Waals surface area contributed by atoms with E-state index in [0.29, 0.717) is 6.42 Å². The molecule has 0 rings (SSSR count). The molecular formula is C14H26O3. The Morgan fingerprint density at radius 2 is 1.35 bits per heavy atom. The Morgan fingerprint density at radius 3 is 1.82 bits per heavy atom. The van der Waals surface area contributed by atoms with Crippen molar-refractivity contribution < 1.29 is 15.0 Å². The van der Waals surface area contributed by atoms with Crippen LogP contribution in [0.15, 0.2) is 11.8 Å². The minimum absolute atomic E-state index is 0.524. The highest BCUT2D eigenvalue weighted by Gasteiger charge is 2.01. The second-order valence-electron chi connectivity index (χ2n) is 4.51. The van der Waals surface area contributed by atoms with Crippen LogP contribution in [0.4, 0.5) is 0 Å². The molecule has 100 valence electrons. The summed E-state index contributed by atoms with van der Waals surface area (Å²) < 4.78 is 0. The lowest BCUT2D eigenvalue weighted by Gasteiger charge is -2.00. The number of carboxylic acids is 1. The molecule has 3 heteroatoms. The molecule has 0 fully saturated rings. The van der Waals surface area contributed by atoms with Gasteiger partial charge in [0.05, 0.1) is 0 Å². The van der Waals surface area contributed by atoms with Crippen LogP contribution in [-0.2, 0) is 4.79 Å². The molecule has 0 aliphatic carbocycles. The van der Waals surface area contributed by atoms with Gasteiger partial charge in [-0.2, -0.15) is 0 Å². The van der Waals surface area contributed by atoms with E-state index in [0.717, 1.165) is 12.8 Å². The fourth-order valence-electron chi connectivity index (χ4n) is 1.78. The molecule has 0 aliphatic heterocycles. The van der Waals surface area contributed by atoms with Crippen LogP contribution in [-0.4, -0.2) is 16.2 Å². The largest absolute Gasteiger partial charge is 0.502 e. The van der Waals surface area contributed by atoms with Gasteiger partial charge in [-0.1, -0.05) is 58.3 Å². The number of rotatable bonds is 11. The second-order valence-corrected chi connectivity index (χ2v) is 4.51. The molecule has 0 saturated carbocycles. The van der Waals surface area contributed by atoms with Gasteiger partial charge >= 0.3 is 5.97 Å². The summed E-state index contributed by atoms with van der Waals surface area (Å²) in [5, 5.41) is 17.3. The molecule has 0 bridgehead atoms. The molecule has 0 unspecified atom stereocenters. The van der Waals surface area contributed by atoms with E-state index in [1.54, 1.807) is 0 Å². The van der Waals surface area contributed by atoms with Crippen molar-refractivity contribution in [1.82, 2.24) is 0 Å². The molecule has 0 heterocycles. The number of allylic oxidation sites excluding steroid dienone is 1. The van der Waals surface area contributed by atoms with Gasteiger partial charge in [0.1, 0.15) is 0 Å². The smallest absolute Gasteiger partial charge is 0.370 e. The fourth-order valence-corrected chi connectivity index (χ4v) is 1.78. The molecule has 0 aromatic carbocycles. The van der Waals surface area contributed by atoms with Gasteiger partial charge < -0.3 is 10.2 Å². The Balaban J connectivity index is 3.19. The topological polar surface area (TPSA) is 57.5 Å². The molecule has 0 amide bonds. The van der Waals surface area contributed by atoms with Crippen molar-refractivity contribution in [1.29, 1.82) is 0 Å². The van der Waals surface area contributed by atoms with E-state index >= 15 is 0 Å². The van der Waals surface area contributed by atoms with Gasteiger partial charge in [0.25, 0.3) is 0 Å². The highest BCUT2D eigenvalue weighted by Crippen LogP contribution is 2.10. The van der Waals surface area contributed by atoms with Crippen LogP contribution in [0.2, 0.25) is 0 Å². The number of hydrogen-bond acceptors (Lipinski definition) is 2. The van der Waals surface area contributed by atoms with Crippen molar-refractivity contribution in [3.8, 4) is 0 Å².